The summed E-state index contributed by atoms with van der Waals surface area (Å²) in [5, 5.41) is 5.00. The molecule has 9 heteroatoms. The van der Waals surface area contributed by atoms with Gasteiger partial charge in [0.25, 0.3) is 0 Å². The average Bonchev–Trinajstić information content (AvgIpc) is 3.23. The van der Waals surface area contributed by atoms with Crippen LogP contribution in [-0.2, 0) is 14.9 Å². The van der Waals surface area contributed by atoms with Gasteiger partial charge in [-0.2, -0.15) is 0 Å². The van der Waals surface area contributed by atoms with Crippen LogP contribution in [0.2, 0.25) is 10.0 Å². The zero-order valence-electron chi connectivity index (χ0n) is 20.4. The number of fused-ring (bicyclic) bond motifs is 2. The maximum atomic E-state index is 13.6. The van der Waals surface area contributed by atoms with E-state index in [1.807, 2.05) is 32.6 Å². The van der Waals surface area contributed by atoms with Crippen molar-refractivity contribution in [1.29, 1.82) is 0 Å². The Balaban J connectivity index is 1.39. The van der Waals surface area contributed by atoms with Crippen LogP contribution in [0.5, 0.6) is 0 Å². The maximum absolute atomic E-state index is 13.6. The molecule has 1 aromatic carbocycles. The summed E-state index contributed by atoms with van der Waals surface area (Å²) >= 11 is 12.9. The first-order chi connectivity index (χ1) is 16.5. The second kappa shape index (κ2) is 8.70. The van der Waals surface area contributed by atoms with Crippen molar-refractivity contribution in [2.75, 3.05) is 0 Å². The minimum Gasteiger partial charge on any atom is -0.458 e. The quantitative estimate of drug-likeness (QED) is 0.412. The van der Waals surface area contributed by atoms with Crippen LogP contribution in [0.25, 0.3) is 11.3 Å². The zero-order valence-corrected chi connectivity index (χ0v) is 21.9. The highest BCUT2D eigenvalue weighted by atomic mass is 35.5. The molecule has 3 heterocycles. The highest BCUT2D eigenvalue weighted by Gasteiger charge is 2.49. The Bertz CT molecular complexity index is 1130. The molecule has 3 atom stereocenters. The van der Waals surface area contributed by atoms with Crippen molar-refractivity contribution in [3.8, 4) is 11.3 Å². The van der Waals surface area contributed by atoms with Crippen LogP contribution in [-0.4, -0.2) is 45.9 Å². The number of amides is 1. The summed E-state index contributed by atoms with van der Waals surface area (Å²) in [5.74, 6) is 0.0260. The fourth-order valence-electron chi connectivity index (χ4n) is 5.25. The van der Waals surface area contributed by atoms with E-state index in [4.69, 9.17) is 37.2 Å². The Morgan fingerprint density at radius 1 is 1.11 bits per heavy atom. The second-order valence-electron chi connectivity index (χ2n) is 11.2. The minimum atomic E-state index is -0.556. The van der Waals surface area contributed by atoms with Crippen LogP contribution < -0.4 is 0 Å². The van der Waals surface area contributed by atoms with Gasteiger partial charge in [0.05, 0.1) is 10.0 Å². The van der Waals surface area contributed by atoms with Gasteiger partial charge in [-0.05, 0) is 58.6 Å². The first kappa shape index (κ1) is 24.4. The first-order valence-corrected chi connectivity index (χ1v) is 12.9. The summed E-state index contributed by atoms with van der Waals surface area (Å²) in [7, 11) is 0. The van der Waals surface area contributed by atoms with E-state index in [0.29, 0.717) is 45.5 Å². The molecule has 1 aromatic heterocycles. The topological polar surface area (TPSA) is 81.9 Å². The molecule has 2 bridgehead atoms. The maximum Gasteiger partial charge on any atom is 0.410 e. The highest BCUT2D eigenvalue weighted by molar-refractivity contribution is 6.39. The number of hydrogen-bond donors (Lipinski definition) is 0. The van der Waals surface area contributed by atoms with Crippen molar-refractivity contribution in [3.05, 3.63) is 39.6 Å². The average molecular weight is 521 g/mol. The van der Waals surface area contributed by atoms with Crippen molar-refractivity contribution in [3.63, 3.8) is 0 Å². The summed E-state index contributed by atoms with van der Waals surface area (Å²) in [6.45, 7) is 7.63. The third-order valence-electron chi connectivity index (χ3n) is 7.21. The predicted octanol–water partition coefficient (Wildman–Crippen LogP) is 6.79. The molecular weight excluding hydrogens is 491 g/mol. The summed E-state index contributed by atoms with van der Waals surface area (Å²) in [5.41, 5.74) is 0.248. The zero-order chi connectivity index (χ0) is 25.1. The number of piperidine rings is 1. The van der Waals surface area contributed by atoms with Gasteiger partial charge >= 0.3 is 12.1 Å². The lowest BCUT2D eigenvalue weighted by atomic mass is 9.97. The SMILES string of the molecule is CC(C)(C)OC(=O)N1[C@@H]2CC[C@H]1CC(OC(=O)c1c(-c3c(Cl)cccc3Cl)noc1C1(C)CC1)C2. The van der Waals surface area contributed by atoms with Crippen LogP contribution in [0.15, 0.2) is 22.7 Å². The number of benzene rings is 1. The number of rotatable bonds is 4. The van der Waals surface area contributed by atoms with Crippen molar-refractivity contribution in [2.24, 2.45) is 0 Å². The number of aromatic nitrogens is 1. The molecule has 1 aliphatic carbocycles. The molecule has 7 nitrogen and oxygen atoms in total. The first-order valence-electron chi connectivity index (χ1n) is 12.1. The van der Waals surface area contributed by atoms with E-state index in [2.05, 4.69) is 5.16 Å². The van der Waals surface area contributed by atoms with E-state index < -0.39 is 11.6 Å². The second-order valence-corrected chi connectivity index (χ2v) is 12.0. The molecule has 1 saturated carbocycles. The van der Waals surface area contributed by atoms with Crippen molar-refractivity contribution in [2.45, 2.75) is 95.4 Å². The summed E-state index contributed by atoms with van der Waals surface area (Å²) < 4.78 is 17.4. The summed E-state index contributed by atoms with van der Waals surface area (Å²) in [6.07, 6.45) is 4.07. The van der Waals surface area contributed by atoms with Gasteiger partial charge in [0, 0.05) is 35.9 Å². The fourth-order valence-corrected chi connectivity index (χ4v) is 5.82. The molecule has 3 aliphatic rings. The number of carbonyl (C=O) groups excluding carboxylic acids is 2. The lowest BCUT2D eigenvalue weighted by Gasteiger charge is -2.39. The third-order valence-corrected chi connectivity index (χ3v) is 7.84. The molecule has 2 aromatic rings. The number of esters is 1. The van der Waals surface area contributed by atoms with E-state index in [9.17, 15) is 9.59 Å². The van der Waals surface area contributed by atoms with E-state index in [1.54, 1.807) is 18.2 Å². The van der Waals surface area contributed by atoms with Gasteiger partial charge in [0.1, 0.15) is 23.0 Å². The Kier molecular flexibility index (Phi) is 6.07. The van der Waals surface area contributed by atoms with Crippen LogP contribution in [0.3, 0.4) is 0 Å². The monoisotopic (exact) mass is 520 g/mol. The van der Waals surface area contributed by atoms with Crippen LogP contribution in [0.4, 0.5) is 4.79 Å². The lowest BCUT2D eigenvalue weighted by molar-refractivity contribution is -0.0227. The Morgan fingerprint density at radius 3 is 2.26 bits per heavy atom. The summed E-state index contributed by atoms with van der Waals surface area (Å²) in [4.78, 5) is 28.2. The van der Waals surface area contributed by atoms with Crippen molar-refractivity contribution >= 4 is 35.3 Å². The molecule has 1 amide bonds. The van der Waals surface area contributed by atoms with Gasteiger partial charge in [0.2, 0.25) is 0 Å². The van der Waals surface area contributed by atoms with Gasteiger partial charge in [-0.15, -0.1) is 0 Å². The number of carbonyl (C=O) groups is 2. The lowest BCUT2D eigenvalue weighted by Crippen LogP contribution is -2.50. The van der Waals surface area contributed by atoms with Gasteiger partial charge in [0.15, 0.2) is 5.76 Å². The minimum absolute atomic E-state index is 0.0122. The van der Waals surface area contributed by atoms with E-state index in [-0.39, 0.29) is 29.7 Å². The molecule has 2 aliphatic heterocycles. The van der Waals surface area contributed by atoms with Crippen molar-refractivity contribution in [1.82, 2.24) is 10.1 Å². The normalized spacial score (nSPS) is 24.9. The molecule has 0 radical (unpaired) electrons. The molecule has 188 valence electrons. The largest absolute Gasteiger partial charge is 0.458 e. The van der Waals surface area contributed by atoms with Gasteiger partial charge < -0.3 is 18.9 Å². The van der Waals surface area contributed by atoms with Gasteiger partial charge in [-0.3, -0.25) is 0 Å². The molecule has 1 unspecified atom stereocenters. The summed E-state index contributed by atoms with van der Waals surface area (Å²) in [6, 6.07) is 5.12. The standard InChI is InChI=1S/C26H30Cl2N2O5/c1-25(2,3)34-24(32)30-14-8-9-15(30)13-16(12-14)33-23(31)20-21(19-17(27)6-5-7-18(19)28)29-35-22(20)26(4)10-11-26/h5-7,14-16H,8-13H2,1-4H3/t14-,15+,16?. The molecule has 0 spiro atoms. The number of nitrogens with zero attached hydrogens (tertiary/aromatic N) is 2. The Morgan fingerprint density at radius 2 is 1.71 bits per heavy atom. The Hall–Kier alpha value is -2.25. The predicted molar refractivity (Wildman–Crippen MR) is 132 cm³/mol. The molecule has 2 saturated heterocycles. The van der Waals surface area contributed by atoms with Crippen LogP contribution in [0.1, 0.15) is 82.3 Å². The van der Waals surface area contributed by atoms with Crippen LogP contribution >= 0.6 is 23.2 Å². The van der Waals surface area contributed by atoms with Gasteiger partial charge in [-0.1, -0.05) is 41.3 Å². The molecule has 0 N–H and O–H groups in total. The third kappa shape index (κ3) is 4.65. The Labute approximate surface area is 215 Å². The molecular formula is C26H30Cl2N2O5. The smallest absolute Gasteiger partial charge is 0.410 e. The number of ether oxygens (including phenoxy) is 2. The van der Waals surface area contributed by atoms with E-state index >= 15 is 0 Å². The van der Waals surface area contributed by atoms with E-state index in [0.717, 1.165) is 25.7 Å². The van der Waals surface area contributed by atoms with Gasteiger partial charge in [-0.25, -0.2) is 9.59 Å². The molecule has 3 fully saturated rings. The fraction of sp³-hybridized carbons (Fsp3) is 0.577. The number of hydrogen-bond acceptors (Lipinski definition) is 6. The highest BCUT2D eigenvalue weighted by Crippen LogP contribution is 2.51. The van der Waals surface area contributed by atoms with Crippen LogP contribution in [0, 0.1) is 0 Å². The molecule has 35 heavy (non-hydrogen) atoms. The van der Waals surface area contributed by atoms with Crippen molar-refractivity contribution < 1.29 is 23.6 Å². The van der Waals surface area contributed by atoms with E-state index in [1.165, 1.54) is 0 Å². The number of halogens is 2. The molecule has 5 rings (SSSR count).